The first-order valence-electron chi connectivity index (χ1n) is 5.28. The first kappa shape index (κ1) is 12.9. The standard InChI is InChI=1S/C12H19N3S/c1-9-4-6-11(7-5-9)15-12(13)14-8-10(2)16-3/h4-7,10H,8H2,1-3H3,(H3,13,14,15). The SMILES string of the molecule is CSC(C)CN=C(N)Nc1ccc(C)cc1. The molecule has 0 spiro atoms. The number of thioether (sulfide) groups is 1. The maximum Gasteiger partial charge on any atom is 0.193 e. The summed E-state index contributed by atoms with van der Waals surface area (Å²) in [6.45, 7) is 4.93. The predicted molar refractivity (Wildman–Crippen MR) is 74.3 cm³/mol. The fourth-order valence-electron chi connectivity index (χ4n) is 1.13. The molecule has 3 nitrogen and oxygen atoms in total. The Kier molecular flexibility index (Phi) is 5.19. The van der Waals surface area contributed by atoms with E-state index in [0.717, 1.165) is 12.2 Å². The number of rotatable bonds is 4. The van der Waals surface area contributed by atoms with Gasteiger partial charge in [-0.3, -0.25) is 4.99 Å². The van der Waals surface area contributed by atoms with E-state index in [4.69, 9.17) is 5.73 Å². The van der Waals surface area contributed by atoms with Gasteiger partial charge in [0.1, 0.15) is 0 Å². The van der Waals surface area contributed by atoms with Crippen LogP contribution in [0.15, 0.2) is 29.3 Å². The minimum absolute atomic E-state index is 0.477. The van der Waals surface area contributed by atoms with Gasteiger partial charge in [-0.25, -0.2) is 0 Å². The molecule has 3 N–H and O–H groups in total. The van der Waals surface area contributed by atoms with Gasteiger partial charge in [0.2, 0.25) is 0 Å². The zero-order valence-corrected chi connectivity index (χ0v) is 10.8. The van der Waals surface area contributed by atoms with Crippen molar-refractivity contribution in [2.45, 2.75) is 19.1 Å². The number of anilines is 1. The number of aliphatic imine (C=N–C) groups is 1. The summed E-state index contributed by atoms with van der Waals surface area (Å²) in [6.07, 6.45) is 2.07. The van der Waals surface area contributed by atoms with Crippen molar-refractivity contribution in [1.29, 1.82) is 0 Å². The Hall–Kier alpha value is -1.16. The summed E-state index contributed by atoms with van der Waals surface area (Å²) in [6, 6.07) is 8.08. The van der Waals surface area contributed by atoms with Crippen LogP contribution in [0.3, 0.4) is 0 Å². The van der Waals surface area contributed by atoms with Crippen LogP contribution in [-0.2, 0) is 0 Å². The Morgan fingerprint density at radius 2 is 2.06 bits per heavy atom. The van der Waals surface area contributed by atoms with Crippen LogP contribution in [0.5, 0.6) is 0 Å². The van der Waals surface area contributed by atoms with Gasteiger partial charge in [0.25, 0.3) is 0 Å². The summed E-state index contributed by atoms with van der Waals surface area (Å²) < 4.78 is 0. The molecule has 1 atom stereocenters. The van der Waals surface area contributed by atoms with Crippen LogP contribution in [-0.4, -0.2) is 24.0 Å². The largest absolute Gasteiger partial charge is 0.370 e. The van der Waals surface area contributed by atoms with Gasteiger partial charge in [0.15, 0.2) is 5.96 Å². The molecule has 88 valence electrons. The van der Waals surface area contributed by atoms with E-state index in [-0.39, 0.29) is 0 Å². The number of guanidine groups is 1. The van der Waals surface area contributed by atoms with Gasteiger partial charge in [-0.05, 0) is 25.3 Å². The second-order valence-corrected chi connectivity index (χ2v) is 5.04. The molecule has 0 bridgehead atoms. The highest BCUT2D eigenvalue weighted by Gasteiger charge is 1.98. The smallest absolute Gasteiger partial charge is 0.193 e. The molecule has 0 saturated heterocycles. The van der Waals surface area contributed by atoms with Gasteiger partial charge in [-0.1, -0.05) is 24.6 Å². The lowest BCUT2D eigenvalue weighted by molar-refractivity contribution is 0.951. The molecule has 0 aromatic heterocycles. The van der Waals surface area contributed by atoms with Crippen molar-refractivity contribution < 1.29 is 0 Å². The lowest BCUT2D eigenvalue weighted by Gasteiger charge is -2.07. The lowest BCUT2D eigenvalue weighted by atomic mass is 10.2. The second-order valence-electron chi connectivity index (χ2n) is 3.76. The molecule has 0 aliphatic heterocycles. The molecule has 0 aliphatic rings. The van der Waals surface area contributed by atoms with Crippen molar-refractivity contribution in [1.82, 2.24) is 0 Å². The molecule has 1 rings (SSSR count). The van der Waals surface area contributed by atoms with E-state index in [2.05, 4.69) is 30.4 Å². The Morgan fingerprint density at radius 1 is 1.44 bits per heavy atom. The first-order valence-corrected chi connectivity index (χ1v) is 6.57. The zero-order chi connectivity index (χ0) is 12.0. The highest BCUT2D eigenvalue weighted by Crippen LogP contribution is 2.08. The average molecular weight is 237 g/mol. The lowest BCUT2D eigenvalue weighted by Crippen LogP contribution is -2.23. The number of aryl methyl sites for hydroxylation is 1. The molecule has 0 aliphatic carbocycles. The zero-order valence-electron chi connectivity index (χ0n) is 10.0. The van der Waals surface area contributed by atoms with Crippen LogP contribution in [0.4, 0.5) is 5.69 Å². The number of nitrogens with one attached hydrogen (secondary N) is 1. The summed E-state index contributed by atoms with van der Waals surface area (Å²) >= 11 is 1.78. The van der Waals surface area contributed by atoms with E-state index < -0.39 is 0 Å². The number of nitrogens with two attached hydrogens (primary N) is 1. The highest BCUT2D eigenvalue weighted by molar-refractivity contribution is 7.99. The average Bonchev–Trinajstić information content (AvgIpc) is 2.29. The summed E-state index contributed by atoms with van der Waals surface area (Å²) in [5, 5.41) is 3.57. The van der Waals surface area contributed by atoms with Gasteiger partial charge < -0.3 is 11.1 Å². The van der Waals surface area contributed by atoms with Gasteiger partial charge in [-0.15, -0.1) is 0 Å². The van der Waals surface area contributed by atoms with Crippen molar-refractivity contribution in [3.8, 4) is 0 Å². The first-order chi connectivity index (χ1) is 7.61. The van der Waals surface area contributed by atoms with Crippen LogP contribution in [0.2, 0.25) is 0 Å². The van der Waals surface area contributed by atoms with Crippen molar-refractivity contribution in [3.63, 3.8) is 0 Å². The van der Waals surface area contributed by atoms with Crippen LogP contribution in [0.25, 0.3) is 0 Å². The second kappa shape index (κ2) is 6.43. The monoisotopic (exact) mass is 237 g/mol. The van der Waals surface area contributed by atoms with Gasteiger partial charge in [-0.2, -0.15) is 11.8 Å². The van der Waals surface area contributed by atoms with Crippen molar-refractivity contribution in [2.75, 3.05) is 18.1 Å². The molecule has 0 saturated carbocycles. The van der Waals surface area contributed by atoms with Gasteiger partial charge in [0, 0.05) is 10.9 Å². The maximum atomic E-state index is 5.78. The molecule has 0 heterocycles. The van der Waals surface area contributed by atoms with E-state index in [1.807, 2.05) is 24.3 Å². The minimum Gasteiger partial charge on any atom is -0.370 e. The molecule has 1 aromatic carbocycles. The number of nitrogens with zero attached hydrogens (tertiary/aromatic N) is 1. The van der Waals surface area contributed by atoms with E-state index >= 15 is 0 Å². The van der Waals surface area contributed by atoms with Crippen molar-refractivity contribution in [3.05, 3.63) is 29.8 Å². The van der Waals surface area contributed by atoms with Crippen LogP contribution in [0, 0.1) is 6.92 Å². The van der Waals surface area contributed by atoms with E-state index in [9.17, 15) is 0 Å². The third kappa shape index (κ3) is 4.57. The summed E-state index contributed by atoms with van der Waals surface area (Å²) in [5.74, 6) is 0.477. The third-order valence-electron chi connectivity index (χ3n) is 2.25. The number of hydrogen-bond donors (Lipinski definition) is 2. The molecule has 1 aromatic rings. The van der Waals surface area contributed by atoms with Crippen LogP contribution >= 0.6 is 11.8 Å². The van der Waals surface area contributed by atoms with Gasteiger partial charge >= 0.3 is 0 Å². The number of benzene rings is 1. The van der Waals surface area contributed by atoms with E-state index in [1.54, 1.807) is 11.8 Å². The summed E-state index contributed by atoms with van der Waals surface area (Å²) in [7, 11) is 0. The fourth-order valence-corrected chi connectivity index (χ4v) is 1.35. The molecule has 0 fully saturated rings. The normalized spacial score (nSPS) is 13.6. The van der Waals surface area contributed by atoms with Crippen molar-refractivity contribution >= 4 is 23.4 Å². The van der Waals surface area contributed by atoms with Gasteiger partial charge in [0.05, 0.1) is 6.54 Å². The molecular weight excluding hydrogens is 218 g/mol. The molecule has 16 heavy (non-hydrogen) atoms. The Balaban J connectivity index is 2.50. The topological polar surface area (TPSA) is 50.4 Å². The predicted octanol–water partition coefficient (Wildman–Crippen LogP) is 2.47. The van der Waals surface area contributed by atoms with Crippen LogP contribution in [0.1, 0.15) is 12.5 Å². The molecule has 1 unspecified atom stereocenters. The molecule has 0 amide bonds. The van der Waals surface area contributed by atoms with Crippen LogP contribution < -0.4 is 11.1 Å². The van der Waals surface area contributed by atoms with Crippen molar-refractivity contribution in [2.24, 2.45) is 10.7 Å². The molecule has 4 heteroatoms. The Morgan fingerprint density at radius 3 is 2.62 bits per heavy atom. The van der Waals surface area contributed by atoms with E-state index in [1.165, 1.54) is 5.56 Å². The quantitative estimate of drug-likeness (QED) is 0.625. The van der Waals surface area contributed by atoms with E-state index in [0.29, 0.717) is 11.2 Å². The Bertz CT molecular complexity index is 346. The minimum atomic E-state index is 0.477. The third-order valence-corrected chi connectivity index (χ3v) is 3.20. The number of hydrogen-bond acceptors (Lipinski definition) is 2. The molecule has 0 radical (unpaired) electrons. The summed E-state index contributed by atoms with van der Waals surface area (Å²) in [5.41, 5.74) is 7.99. The highest BCUT2D eigenvalue weighted by atomic mass is 32.2. The Labute approximate surface area is 102 Å². The summed E-state index contributed by atoms with van der Waals surface area (Å²) in [4.78, 5) is 4.28. The fraction of sp³-hybridized carbons (Fsp3) is 0.417. The maximum absolute atomic E-state index is 5.78. The molecular formula is C12H19N3S.